The van der Waals surface area contributed by atoms with Crippen LogP contribution >= 0.6 is 0 Å². The molecule has 0 radical (unpaired) electrons. The van der Waals surface area contributed by atoms with Crippen LogP contribution in [0.15, 0.2) is 0 Å². The summed E-state index contributed by atoms with van der Waals surface area (Å²) < 4.78 is 0. The fraction of sp³-hybridized carbons (Fsp3) is 1.00. The Morgan fingerprint density at radius 1 is 1.00 bits per heavy atom. The highest BCUT2D eigenvalue weighted by atomic mass is 15.2. The summed E-state index contributed by atoms with van der Waals surface area (Å²) in [6.07, 6.45) is 4.22. The van der Waals surface area contributed by atoms with Crippen molar-refractivity contribution in [3.8, 4) is 0 Å². The van der Waals surface area contributed by atoms with Crippen molar-refractivity contribution in [3.63, 3.8) is 0 Å². The van der Waals surface area contributed by atoms with Crippen LogP contribution in [0.5, 0.6) is 0 Å². The topological polar surface area (TPSA) is 15.3 Å². The van der Waals surface area contributed by atoms with E-state index in [1.54, 1.807) is 0 Å². The lowest BCUT2D eigenvalue weighted by atomic mass is 10.1. The van der Waals surface area contributed by atoms with E-state index in [0.29, 0.717) is 0 Å². The minimum absolute atomic E-state index is 0.762. The molecule has 0 spiro atoms. The third-order valence-electron chi connectivity index (χ3n) is 3.65. The zero-order valence-electron chi connectivity index (χ0n) is 13.2. The minimum Gasteiger partial charge on any atom is -0.316 e. The third kappa shape index (κ3) is 7.38. The van der Waals surface area contributed by atoms with Gasteiger partial charge in [0.2, 0.25) is 0 Å². The number of hydrogen-bond acceptors (Lipinski definition) is 2. The van der Waals surface area contributed by atoms with Gasteiger partial charge in [0.1, 0.15) is 0 Å². The Kier molecular flexibility index (Phi) is 7.25. The zero-order chi connectivity index (χ0) is 13.5. The Bertz CT molecular complexity index is 209. The average Bonchev–Trinajstić information content (AvgIpc) is 3.07. The Morgan fingerprint density at radius 3 is 2.17 bits per heavy atom. The van der Waals surface area contributed by atoms with Gasteiger partial charge in [0.25, 0.3) is 0 Å². The second-order valence-electron chi connectivity index (χ2n) is 7.07. The van der Waals surface area contributed by atoms with E-state index < -0.39 is 0 Å². The standard InChI is InChI=1S/C16H34N2/c1-13(2)8-9-18(16-6-7-16)12-15(5)11-17-10-14(3)4/h13-17H,6-12H2,1-5H3. The van der Waals surface area contributed by atoms with Crippen molar-refractivity contribution in [2.24, 2.45) is 17.8 Å². The molecular weight excluding hydrogens is 220 g/mol. The van der Waals surface area contributed by atoms with Gasteiger partial charge in [-0.15, -0.1) is 0 Å². The van der Waals surface area contributed by atoms with Crippen LogP contribution in [-0.4, -0.2) is 37.1 Å². The minimum atomic E-state index is 0.762. The Balaban J connectivity index is 2.18. The van der Waals surface area contributed by atoms with Gasteiger partial charge in [-0.25, -0.2) is 0 Å². The monoisotopic (exact) mass is 254 g/mol. The van der Waals surface area contributed by atoms with Crippen LogP contribution in [0.1, 0.15) is 53.9 Å². The molecule has 1 saturated carbocycles. The van der Waals surface area contributed by atoms with Gasteiger partial charge in [-0.1, -0.05) is 34.6 Å². The molecule has 108 valence electrons. The van der Waals surface area contributed by atoms with Gasteiger partial charge in [0.05, 0.1) is 0 Å². The largest absolute Gasteiger partial charge is 0.316 e. The SMILES string of the molecule is CC(C)CCN(CC(C)CNCC(C)C)C1CC1. The first-order chi connectivity index (χ1) is 8.49. The van der Waals surface area contributed by atoms with Gasteiger partial charge in [0, 0.05) is 12.6 Å². The Labute approximate surface area is 115 Å². The molecule has 1 rings (SSSR count). The molecule has 2 heteroatoms. The lowest BCUT2D eigenvalue weighted by molar-refractivity contribution is 0.213. The van der Waals surface area contributed by atoms with Crippen LogP contribution in [0.3, 0.4) is 0 Å². The fourth-order valence-electron chi connectivity index (χ4n) is 2.37. The lowest BCUT2D eigenvalue weighted by Crippen LogP contribution is -2.36. The molecule has 0 aromatic rings. The Hall–Kier alpha value is -0.0800. The van der Waals surface area contributed by atoms with Gasteiger partial charge in [-0.05, 0) is 56.7 Å². The van der Waals surface area contributed by atoms with Gasteiger partial charge in [-0.3, -0.25) is 0 Å². The van der Waals surface area contributed by atoms with Crippen molar-refractivity contribution in [2.75, 3.05) is 26.2 Å². The molecule has 0 heterocycles. The molecule has 2 nitrogen and oxygen atoms in total. The first kappa shape index (κ1) is 16.0. The van der Waals surface area contributed by atoms with E-state index in [1.165, 1.54) is 38.9 Å². The van der Waals surface area contributed by atoms with Crippen molar-refractivity contribution >= 4 is 0 Å². The molecule has 1 unspecified atom stereocenters. The maximum absolute atomic E-state index is 3.59. The van der Waals surface area contributed by atoms with E-state index in [4.69, 9.17) is 0 Å². The molecule has 0 aromatic heterocycles. The highest BCUT2D eigenvalue weighted by Crippen LogP contribution is 2.28. The highest BCUT2D eigenvalue weighted by Gasteiger charge is 2.29. The smallest absolute Gasteiger partial charge is 0.00965 e. The van der Waals surface area contributed by atoms with Crippen molar-refractivity contribution in [1.29, 1.82) is 0 Å². The van der Waals surface area contributed by atoms with E-state index in [9.17, 15) is 0 Å². The van der Waals surface area contributed by atoms with Crippen molar-refractivity contribution in [2.45, 2.75) is 59.9 Å². The lowest BCUT2D eigenvalue weighted by Gasteiger charge is -2.26. The predicted molar refractivity (Wildman–Crippen MR) is 80.9 cm³/mol. The average molecular weight is 254 g/mol. The van der Waals surface area contributed by atoms with Crippen molar-refractivity contribution in [1.82, 2.24) is 10.2 Å². The maximum atomic E-state index is 3.59. The van der Waals surface area contributed by atoms with Crippen LogP contribution in [0.2, 0.25) is 0 Å². The van der Waals surface area contributed by atoms with E-state index in [1.807, 2.05) is 0 Å². The highest BCUT2D eigenvalue weighted by molar-refractivity contribution is 4.85. The van der Waals surface area contributed by atoms with E-state index in [0.717, 1.165) is 30.3 Å². The summed E-state index contributed by atoms with van der Waals surface area (Å²) in [5.74, 6) is 2.37. The van der Waals surface area contributed by atoms with Crippen molar-refractivity contribution < 1.29 is 0 Å². The summed E-state index contributed by atoms with van der Waals surface area (Å²) in [7, 11) is 0. The summed E-state index contributed by atoms with van der Waals surface area (Å²) in [4.78, 5) is 2.74. The van der Waals surface area contributed by atoms with E-state index in [-0.39, 0.29) is 0 Å². The molecular formula is C16H34N2. The first-order valence-electron chi connectivity index (χ1n) is 7.93. The number of nitrogens with one attached hydrogen (secondary N) is 1. The molecule has 0 bridgehead atoms. The zero-order valence-corrected chi connectivity index (χ0v) is 13.2. The van der Waals surface area contributed by atoms with Crippen LogP contribution in [0.4, 0.5) is 0 Å². The fourth-order valence-corrected chi connectivity index (χ4v) is 2.37. The summed E-state index contributed by atoms with van der Waals surface area (Å²) >= 11 is 0. The third-order valence-corrected chi connectivity index (χ3v) is 3.65. The molecule has 1 atom stereocenters. The summed E-state index contributed by atoms with van der Waals surface area (Å²) in [6.45, 7) is 16.5. The van der Waals surface area contributed by atoms with Gasteiger partial charge in [0.15, 0.2) is 0 Å². The molecule has 0 amide bonds. The normalized spacial score (nSPS) is 18.0. The molecule has 0 saturated heterocycles. The van der Waals surface area contributed by atoms with Crippen LogP contribution < -0.4 is 5.32 Å². The molecule has 1 fully saturated rings. The van der Waals surface area contributed by atoms with Crippen LogP contribution in [0.25, 0.3) is 0 Å². The summed E-state index contributed by atoms with van der Waals surface area (Å²) in [5.41, 5.74) is 0. The summed E-state index contributed by atoms with van der Waals surface area (Å²) in [5, 5.41) is 3.59. The van der Waals surface area contributed by atoms with Gasteiger partial charge >= 0.3 is 0 Å². The molecule has 1 aliphatic rings. The molecule has 18 heavy (non-hydrogen) atoms. The maximum Gasteiger partial charge on any atom is 0.00965 e. The predicted octanol–water partition coefficient (Wildman–Crippen LogP) is 3.38. The van der Waals surface area contributed by atoms with Crippen LogP contribution in [-0.2, 0) is 0 Å². The Morgan fingerprint density at radius 2 is 1.67 bits per heavy atom. The molecule has 0 aromatic carbocycles. The molecule has 1 N–H and O–H groups in total. The quantitative estimate of drug-likeness (QED) is 0.643. The second-order valence-corrected chi connectivity index (χ2v) is 7.07. The van der Waals surface area contributed by atoms with E-state index in [2.05, 4.69) is 44.8 Å². The number of nitrogens with zero attached hydrogens (tertiary/aromatic N) is 1. The van der Waals surface area contributed by atoms with Crippen LogP contribution in [0, 0.1) is 17.8 Å². The van der Waals surface area contributed by atoms with Gasteiger partial charge < -0.3 is 10.2 Å². The number of rotatable bonds is 10. The summed E-state index contributed by atoms with van der Waals surface area (Å²) in [6, 6.07) is 0.913. The molecule has 1 aliphatic carbocycles. The van der Waals surface area contributed by atoms with Crippen molar-refractivity contribution in [3.05, 3.63) is 0 Å². The number of hydrogen-bond donors (Lipinski definition) is 1. The second kappa shape index (κ2) is 8.16. The molecule has 0 aliphatic heterocycles. The van der Waals surface area contributed by atoms with Gasteiger partial charge in [-0.2, -0.15) is 0 Å². The van der Waals surface area contributed by atoms with E-state index >= 15 is 0 Å². The first-order valence-corrected chi connectivity index (χ1v) is 7.93.